The van der Waals surface area contributed by atoms with Gasteiger partial charge in [0.25, 0.3) is 5.91 Å². The first-order valence-electron chi connectivity index (χ1n) is 10.9. The molecule has 1 aromatic carbocycles. The van der Waals surface area contributed by atoms with E-state index in [-0.39, 0.29) is 28.7 Å². The van der Waals surface area contributed by atoms with Gasteiger partial charge in [0.2, 0.25) is 0 Å². The smallest absolute Gasteiger partial charge is 0.304 e. The van der Waals surface area contributed by atoms with Crippen LogP contribution in [0.1, 0.15) is 33.5 Å². The Morgan fingerprint density at radius 2 is 1.83 bits per heavy atom. The van der Waals surface area contributed by atoms with Gasteiger partial charge in [0, 0.05) is 23.2 Å². The molecule has 36 heavy (non-hydrogen) atoms. The zero-order valence-corrected chi connectivity index (χ0v) is 19.6. The summed E-state index contributed by atoms with van der Waals surface area (Å²) in [4.78, 5) is 18.7. The molecule has 4 heterocycles. The van der Waals surface area contributed by atoms with E-state index < -0.39 is 17.8 Å². The Labute approximate surface area is 206 Å². The molecule has 5 aromatic rings. The molecular weight excluding hydrogens is 496 g/mol. The second-order valence-electron chi connectivity index (χ2n) is 7.92. The van der Waals surface area contributed by atoms with Crippen molar-refractivity contribution >= 4 is 28.7 Å². The summed E-state index contributed by atoms with van der Waals surface area (Å²) in [7, 11) is 0. The fourth-order valence-corrected chi connectivity index (χ4v) is 4.50. The van der Waals surface area contributed by atoms with E-state index in [4.69, 9.17) is 0 Å². The molecule has 0 fully saturated rings. The second-order valence-corrected chi connectivity index (χ2v) is 9.09. The van der Waals surface area contributed by atoms with Crippen molar-refractivity contribution in [2.45, 2.75) is 26.1 Å². The van der Waals surface area contributed by atoms with Crippen LogP contribution in [0.5, 0.6) is 0 Å². The summed E-state index contributed by atoms with van der Waals surface area (Å²) in [5.74, 6) is -0.892. The number of halogens is 4. The van der Waals surface area contributed by atoms with Crippen molar-refractivity contribution in [3.63, 3.8) is 0 Å². The monoisotopic (exact) mass is 514 g/mol. The topological polar surface area (TPSA) is 77.1 Å². The average Bonchev–Trinajstić information content (AvgIpc) is 3.58. The number of thiophene rings is 1. The van der Waals surface area contributed by atoms with E-state index >= 15 is 0 Å². The Hall–Kier alpha value is -4.06. The van der Waals surface area contributed by atoms with Gasteiger partial charge in [0.05, 0.1) is 17.1 Å². The molecule has 0 saturated heterocycles. The van der Waals surface area contributed by atoms with E-state index in [0.717, 1.165) is 22.9 Å². The van der Waals surface area contributed by atoms with Crippen molar-refractivity contribution in [2.24, 2.45) is 0 Å². The number of alkyl halides is 3. The van der Waals surface area contributed by atoms with Crippen LogP contribution >= 0.6 is 11.3 Å². The van der Waals surface area contributed by atoms with Crippen molar-refractivity contribution in [3.05, 3.63) is 88.4 Å². The van der Waals surface area contributed by atoms with Crippen LogP contribution in [-0.2, 0) is 19.1 Å². The SMILES string of the molecule is CCc1ccc(-c2cc(C(F)(F)F)n3nc(C(=O)Nc4ccn(Cc5ccc(F)cc5)n4)cc3n2)s1. The molecule has 1 amide bonds. The van der Waals surface area contributed by atoms with Gasteiger partial charge in [0.1, 0.15) is 5.82 Å². The van der Waals surface area contributed by atoms with Crippen LogP contribution in [0, 0.1) is 5.82 Å². The van der Waals surface area contributed by atoms with Crippen molar-refractivity contribution < 1.29 is 22.4 Å². The minimum absolute atomic E-state index is 0.0988. The van der Waals surface area contributed by atoms with E-state index in [9.17, 15) is 22.4 Å². The Bertz CT molecular complexity index is 1550. The molecule has 0 aliphatic carbocycles. The van der Waals surface area contributed by atoms with Gasteiger partial charge in [-0.15, -0.1) is 11.3 Å². The number of hydrogen-bond acceptors (Lipinski definition) is 5. The van der Waals surface area contributed by atoms with Crippen molar-refractivity contribution in [1.29, 1.82) is 0 Å². The first-order valence-corrected chi connectivity index (χ1v) is 11.7. The number of anilines is 1. The van der Waals surface area contributed by atoms with Gasteiger partial charge in [-0.25, -0.2) is 13.9 Å². The third kappa shape index (κ3) is 4.85. The quantitative estimate of drug-likeness (QED) is 0.296. The molecule has 0 radical (unpaired) electrons. The number of aromatic nitrogens is 5. The highest BCUT2D eigenvalue weighted by Gasteiger charge is 2.36. The number of hydrogen-bond donors (Lipinski definition) is 1. The fraction of sp³-hybridized carbons (Fsp3) is 0.167. The lowest BCUT2D eigenvalue weighted by Crippen LogP contribution is -2.16. The molecule has 5 rings (SSSR count). The average molecular weight is 515 g/mol. The molecular formula is C24H18F4N6OS. The third-order valence-corrected chi connectivity index (χ3v) is 6.60. The number of amides is 1. The second kappa shape index (κ2) is 9.19. The van der Waals surface area contributed by atoms with Gasteiger partial charge in [-0.2, -0.15) is 23.4 Å². The van der Waals surface area contributed by atoms with Crippen LogP contribution in [0.25, 0.3) is 16.2 Å². The maximum absolute atomic E-state index is 13.8. The lowest BCUT2D eigenvalue weighted by Gasteiger charge is -2.10. The highest BCUT2D eigenvalue weighted by molar-refractivity contribution is 7.15. The van der Waals surface area contributed by atoms with Crippen LogP contribution in [-0.4, -0.2) is 30.3 Å². The van der Waals surface area contributed by atoms with Crippen molar-refractivity contribution in [1.82, 2.24) is 24.4 Å². The predicted molar refractivity (Wildman–Crippen MR) is 126 cm³/mol. The summed E-state index contributed by atoms with van der Waals surface area (Å²) in [5, 5.41) is 10.6. The minimum Gasteiger partial charge on any atom is -0.304 e. The van der Waals surface area contributed by atoms with E-state index in [1.807, 2.05) is 13.0 Å². The molecule has 0 atom stereocenters. The molecule has 12 heteroatoms. The zero-order valence-electron chi connectivity index (χ0n) is 18.8. The first kappa shape index (κ1) is 23.7. The minimum atomic E-state index is -4.71. The summed E-state index contributed by atoms with van der Waals surface area (Å²) >= 11 is 1.36. The lowest BCUT2D eigenvalue weighted by atomic mass is 10.2. The molecule has 0 aliphatic rings. The van der Waals surface area contributed by atoms with Crippen LogP contribution < -0.4 is 5.32 Å². The number of aryl methyl sites for hydroxylation is 1. The molecule has 0 spiro atoms. The van der Waals surface area contributed by atoms with E-state index in [1.165, 1.54) is 40.3 Å². The number of nitrogens with one attached hydrogen (secondary N) is 1. The highest BCUT2D eigenvalue weighted by atomic mass is 32.1. The number of rotatable bonds is 6. The summed E-state index contributed by atoms with van der Waals surface area (Å²) in [5.41, 5.74) is -0.407. The summed E-state index contributed by atoms with van der Waals surface area (Å²) in [6.07, 6.45) is -2.33. The van der Waals surface area contributed by atoms with Gasteiger partial charge in [-0.1, -0.05) is 19.1 Å². The number of nitrogens with zero attached hydrogens (tertiary/aromatic N) is 5. The summed E-state index contributed by atoms with van der Waals surface area (Å²) in [6.45, 7) is 2.30. The maximum atomic E-state index is 13.8. The van der Waals surface area contributed by atoms with E-state index in [1.54, 1.807) is 24.4 Å². The van der Waals surface area contributed by atoms with E-state index in [2.05, 4.69) is 20.5 Å². The zero-order chi connectivity index (χ0) is 25.4. The van der Waals surface area contributed by atoms with Crippen LogP contribution in [0.2, 0.25) is 0 Å². The number of carbonyl (C=O) groups excluding carboxylic acids is 1. The highest BCUT2D eigenvalue weighted by Crippen LogP contribution is 2.34. The third-order valence-electron chi connectivity index (χ3n) is 5.35. The van der Waals surface area contributed by atoms with E-state index in [0.29, 0.717) is 15.9 Å². The Morgan fingerprint density at radius 3 is 2.53 bits per heavy atom. The van der Waals surface area contributed by atoms with Crippen molar-refractivity contribution in [2.75, 3.05) is 5.32 Å². The van der Waals surface area contributed by atoms with Gasteiger partial charge >= 0.3 is 6.18 Å². The molecule has 0 bridgehead atoms. The van der Waals surface area contributed by atoms with Gasteiger partial charge in [-0.3, -0.25) is 9.48 Å². The summed E-state index contributed by atoms with van der Waals surface area (Å²) < 4.78 is 56.7. The first-order chi connectivity index (χ1) is 17.2. The number of benzene rings is 1. The fourth-order valence-electron chi connectivity index (χ4n) is 3.59. The van der Waals surface area contributed by atoms with Crippen LogP contribution in [0.3, 0.4) is 0 Å². The molecule has 1 N–H and O–H groups in total. The normalized spacial score (nSPS) is 11.8. The number of fused-ring (bicyclic) bond motifs is 1. The molecule has 0 aliphatic heterocycles. The molecule has 4 aromatic heterocycles. The molecule has 0 unspecified atom stereocenters. The predicted octanol–water partition coefficient (Wildman–Crippen LogP) is 5.68. The molecule has 184 valence electrons. The standard InChI is InChI=1S/C24H18F4N6OS/c1-2-16-7-8-19(36-16)17-11-20(24(26,27)28)34-22(29-17)12-18(31-34)23(35)30-21-9-10-33(32-21)13-14-3-5-15(25)6-4-14/h3-12H,2,13H2,1H3,(H,30,32,35). The Kier molecular flexibility index (Phi) is 6.04. The lowest BCUT2D eigenvalue weighted by molar-refractivity contribution is -0.142. The molecule has 0 saturated carbocycles. The largest absolute Gasteiger partial charge is 0.433 e. The Morgan fingerprint density at radius 1 is 1.06 bits per heavy atom. The van der Waals surface area contributed by atoms with Crippen LogP contribution in [0.15, 0.2) is 60.8 Å². The maximum Gasteiger partial charge on any atom is 0.433 e. The van der Waals surface area contributed by atoms with Gasteiger partial charge in [-0.05, 0) is 42.3 Å². The van der Waals surface area contributed by atoms with Crippen molar-refractivity contribution in [3.8, 4) is 10.6 Å². The molecule has 7 nitrogen and oxygen atoms in total. The van der Waals surface area contributed by atoms with Gasteiger partial charge < -0.3 is 5.32 Å². The summed E-state index contributed by atoms with van der Waals surface area (Å²) in [6, 6.07) is 13.2. The van der Waals surface area contributed by atoms with Gasteiger partial charge in [0.15, 0.2) is 22.9 Å². The van der Waals surface area contributed by atoms with Crippen LogP contribution in [0.4, 0.5) is 23.4 Å². The Balaban J connectivity index is 1.41. The number of carbonyl (C=O) groups is 1.